The van der Waals surface area contributed by atoms with Gasteiger partial charge < -0.3 is 10.0 Å². The second kappa shape index (κ2) is 6.22. The van der Waals surface area contributed by atoms with Crippen LogP contribution < -0.4 is 0 Å². The Morgan fingerprint density at radius 2 is 2.16 bits per heavy atom. The molecule has 3 nitrogen and oxygen atoms in total. The van der Waals surface area contributed by atoms with E-state index in [4.69, 9.17) is 11.6 Å². The monoisotopic (exact) mass is 279 g/mol. The Labute approximate surface area is 118 Å². The molecule has 2 unspecified atom stereocenters. The van der Waals surface area contributed by atoms with Gasteiger partial charge in [0.15, 0.2) is 0 Å². The van der Waals surface area contributed by atoms with Gasteiger partial charge in [-0.25, -0.2) is 0 Å². The Kier molecular flexibility index (Phi) is 4.61. The van der Waals surface area contributed by atoms with Crippen LogP contribution in [0, 0.1) is 5.92 Å². The quantitative estimate of drug-likeness (QED) is 0.864. The van der Waals surface area contributed by atoms with Gasteiger partial charge in [0.05, 0.1) is 12.6 Å². The summed E-state index contributed by atoms with van der Waals surface area (Å²) in [5, 5.41) is 10.0. The molecule has 0 radical (unpaired) electrons. The number of hydrogen-bond donors (Lipinski definition) is 1. The van der Waals surface area contributed by atoms with Crippen LogP contribution in [0.3, 0.4) is 0 Å². The summed E-state index contributed by atoms with van der Waals surface area (Å²) in [7, 11) is 0. The van der Waals surface area contributed by atoms with Crippen LogP contribution >= 0.6 is 11.6 Å². The highest BCUT2D eigenvalue weighted by molar-refractivity contribution is 6.30. The molecule has 1 aliphatic rings. The van der Waals surface area contributed by atoms with E-state index in [0.29, 0.717) is 10.9 Å². The number of benzene rings is 1. The van der Waals surface area contributed by atoms with Crippen LogP contribution in [0.2, 0.25) is 5.02 Å². The second-order valence-electron chi connectivity index (χ2n) is 4.93. The molecule has 1 aromatic carbocycles. The molecule has 0 aromatic heterocycles. The van der Waals surface area contributed by atoms with Gasteiger partial charge >= 0.3 is 0 Å². The predicted molar refractivity (Wildman–Crippen MR) is 76.9 cm³/mol. The van der Waals surface area contributed by atoms with E-state index in [1.165, 1.54) is 0 Å². The summed E-state index contributed by atoms with van der Waals surface area (Å²) >= 11 is 5.80. The van der Waals surface area contributed by atoms with Crippen molar-refractivity contribution in [1.29, 1.82) is 0 Å². The van der Waals surface area contributed by atoms with Gasteiger partial charge in [0.25, 0.3) is 0 Å². The van der Waals surface area contributed by atoms with E-state index in [0.717, 1.165) is 18.5 Å². The van der Waals surface area contributed by atoms with Gasteiger partial charge in [-0.2, -0.15) is 0 Å². The standard InChI is InChI=1S/C15H18ClNO2/c1-11-8-9-17(14(11)10-18)15(19)7-4-12-2-5-13(16)6-3-12/h2-7,11,14,18H,8-10H2,1H3/b7-4+. The first-order valence-electron chi connectivity index (χ1n) is 6.47. The lowest BCUT2D eigenvalue weighted by Gasteiger charge is -2.23. The van der Waals surface area contributed by atoms with Crippen LogP contribution in [0.1, 0.15) is 18.9 Å². The highest BCUT2D eigenvalue weighted by Crippen LogP contribution is 2.23. The first kappa shape index (κ1) is 14.1. The highest BCUT2D eigenvalue weighted by atomic mass is 35.5. The predicted octanol–water partition coefficient (Wildman–Crippen LogP) is 2.58. The zero-order valence-electron chi connectivity index (χ0n) is 10.9. The largest absolute Gasteiger partial charge is 0.394 e. The van der Waals surface area contributed by atoms with Crippen molar-refractivity contribution in [3.05, 3.63) is 40.9 Å². The molecule has 2 rings (SSSR count). The van der Waals surface area contributed by atoms with Gasteiger partial charge in [0.1, 0.15) is 0 Å². The molecule has 1 aliphatic heterocycles. The molecule has 1 fully saturated rings. The van der Waals surface area contributed by atoms with E-state index in [2.05, 4.69) is 6.92 Å². The van der Waals surface area contributed by atoms with Crippen molar-refractivity contribution >= 4 is 23.6 Å². The van der Waals surface area contributed by atoms with Crippen LogP contribution in [0.5, 0.6) is 0 Å². The molecule has 1 heterocycles. The summed E-state index contributed by atoms with van der Waals surface area (Å²) in [6.45, 7) is 2.81. The number of hydrogen-bond acceptors (Lipinski definition) is 2. The van der Waals surface area contributed by atoms with Crippen LogP contribution in [0.15, 0.2) is 30.3 Å². The Bertz CT molecular complexity index is 470. The van der Waals surface area contributed by atoms with E-state index < -0.39 is 0 Å². The van der Waals surface area contributed by atoms with Crippen LogP contribution in [-0.2, 0) is 4.79 Å². The summed E-state index contributed by atoms with van der Waals surface area (Å²) in [6, 6.07) is 7.26. The zero-order valence-corrected chi connectivity index (χ0v) is 11.7. The maximum Gasteiger partial charge on any atom is 0.246 e. The van der Waals surface area contributed by atoms with Crippen molar-refractivity contribution in [1.82, 2.24) is 4.90 Å². The van der Waals surface area contributed by atoms with E-state index in [1.54, 1.807) is 29.2 Å². The van der Waals surface area contributed by atoms with Crippen LogP contribution in [-0.4, -0.2) is 35.1 Å². The maximum absolute atomic E-state index is 12.1. The van der Waals surface area contributed by atoms with E-state index in [1.807, 2.05) is 12.1 Å². The Morgan fingerprint density at radius 1 is 1.47 bits per heavy atom. The third kappa shape index (κ3) is 3.37. The van der Waals surface area contributed by atoms with E-state index in [9.17, 15) is 9.90 Å². The average Bonchev–Trinajstić information content (AvgIpc) is 2.79. The molecular weight excluding hydrogens is 262 g/mol. The Morgan fingerprint density at radius 3 is 2.79 bits per heavy atom. The summed E-state index contributed by atoms with van der Waals surface area (Å²) in [4.78, 5) is 13.8. The lowest BCUT2D eigenvalue weighted by atomic mass is 10.0. The van der Waals surface area contributed by atoms with Crippen LogP contribution in [0.25, 0.3) is 6.08 Å². The summed E-state index contributed by atoms with van der Waals surface area (Å²) in [5.74, 6) is 0.316. The fourth-order valence-electron chi connectivity index (χ4n) is 2.40. The van der Waals surface area contributed by atoms with Crippen molar-refractivity contribution < 1.29 is 9.90 Å². The minimum Gasteiger partial charge on any atom is -0.394 e. The van der Waals surface area contributed by atoms with Crippen LogP contribution in [0.4, 0.5) is 0 Å². The number of carbonyl (C=O) groups excluding carboxylic acids is 1. The van der Waals surface area contributed by atoms with Crippen molar-refractivity contribution in [2.75, 3.05) is 13.2 Å². The van der Waals surface area contributed by atoms with Gasteiger partial charge in [-0.05, 0) is 36.1 Å². The van der Waals surface area contributed by atoms with Gasteiger partial charge in [0.2, 0.25) is 5.91 Å². The number of aliphatic hydroxyl groups excluding tert-OH is 1. The van der Waals surface area contributed by atoms with Crippen molar-refractivity contribution in [2.45, 2.75) is 19.4 Å². The number of amides is 1. The molecular formula is C15H18ClNO2. The normalized spacial score (nSPS) is 23.2. The summed E-state index contributed by atoms with van der Waals surface area (Å²) in [5.41, 5.74) is 0.936. The molecule has 1 N–H and O–H groups in total. The minimum absolute atomic E-state index is 0.0295. The smallest absolute Gasteiger partial charge is 0.246 e. The fourth-order valence-corrected chi connectivity index (χ4v) is 2.52. The highest BCUT2D eigenvalue weighted by Gasteiger charge is 2.32. The van der Waals surface area contributed by atoms with E-state index in [-0.39, 0.29) is 18.6 Å². The van der Waals surface area contributed by atoms with Gasteiger partial charge in [-0.1, -0.05) is 30.7 Å². The molecule has 19 heavy (non-hydrogen) atoms. The topological polar surface area (TPSA) is 40.5 Å². The molecule has 1 amide bonds. The molecule has 0 aliphatic carbocycles. The zero-order chi connectivity index (χ0) is 13.8. The molecule has 0 saturated carbocycles. The molecule has 4 heteroatoms. The summed E-state index contributed by atoms with van der Waals surface area (Å²) < 4.78 is 0. The second-order valence-corrected chi connectivity index (χ2v) is 5.37. The Hall–Kier alpha value is -1.32. The number of halogens is 1. The molecule has 0 bridgehead atoms. The molecule has 2 atom stereocenters. The van der Waals surface area contributed by atoms with E-state index >= 15 is 0 Å². The van der Waals surface area contributed by atoms with Gasteiger partial charge in [-0.15, -0.1) is 0 Å². The van der Waals surface area contributed by atoms with Crippen molar-refractivity contribution in [2.24, 2.45) is 5.92 Å². The number of nitrogens with zero attached hydrogens (tertiary/aromatic N) is 1. The fraction of sp³-hybridized carbons (Fsp3) is 0.400. The Balaban J connectivity index is 2.02. The first-order chi connectivity index (χ1) is 9.11. The number of carbonyl (C=O) groups is 1. The third-order valence-electron chi connectivity index (χ3n) is 3.64. The van der Waals surface area contributed by atoms with Crippen molar-refractivity contribution in [3.63, 3.8) is 0 Å². The SMILES string of the molecule is CC1CCN(C(=O)/C=C/c2ccc(Cl)cc2)C1CO. The molecule has 1 aromatic rings. The minimum atomic E-state index is -0.0534. The number of likely N-dealkylation sites (tertiary alicyclic amines) is 1. The molecule has 0 spiro atoms. The number of aliphatic hydroxyl groups is 1. The lowest BCUT2D eigenvalue weighted by Crippen LogP contribution is -2.38. The lowest BCUT2D eigenvalue weighted by molar-refractivity contribution is -0.127. The van der Waals surface area contributed by atoms with Gasteiger partial charge in [-0.3, -0.25) is 4.79 Å². The van der Waals surface area contributed by atoms with Crippen molar-refractivity contribution in [3.8, 4) is 0 Å². The third-order valence-corrected chi connectivity index (χ3v) is 3.89. The first-order valence-corrected chi connectivity index (χ1v) is 6.84. The number of rotatable bonds is 3. The van der Waals surface area contributed by atoms with Gasteiger partial charge in [0, 0.05) is 17.6 Å². The summed E-state index contributed by atoms with van der Waals surface area (Å²) in [6.07, 6.45) is 4.28. The molecule has 102 valence electrons. The maximum atomic E-state index is 12.1. The average molecular weight is 280 g/mol. The molecule has 1 saturated heterocycles.